The molecule has 5 nitrogen and oxygen atoms in total. The number of nitrogens with one attached hydrogen (secondary N) is 1. The molecule has 1 amide bonds. The lowest BCUT2D eigenvalue weighted by atomic mass is 10.1. The van der Waals surface area contributed by atoms with Crippen molar-refractivity contribution in [2.75, 3.05) is 18.0 Å². The molecule has 6 heteroatoms. The second-order valence-corrected chi connectivity index (χ2v) is 7.63. The van der Waals surface area contributed by atoms with E-state index in [2.05, 4.69) is 36.1 Å². The molecule has 0 radical (unpaired) electrons. The van der Waals surface area contributed by atoms with Gasteiger partial charge in [0.25, 0.3) is 5.91 Å². The minimum atomic E-state index is -0.0961. The van der Waals surface area contributed by atoms with E-state index in [1.165, 1.54) is 12.8 Å². The Labute approximate surface area is 173 Å². The first-order valence-electron chi connectivity index (χ1n) is 9.40. The fraction of sp³-hybridized carbons (Fsp3) is 0.227. The Morgan fingerprint density at radius 1 is 1.00 bits per heavy atom. The number of carbonyl (C=O) groups excluding carboxylic acids is 1. The van der Waals surface area contributed by atoms with E-state index in [1.807, 2.05) is 48.5 Å². The molecule has 3 aromatic rings. The predicted molar refractivity (Wildman–Crippen MR) is 114 cm³/mol. The molecule has 1 aliphatic heterocycles. The number of carbonyl (C=O) groups is 1. The smallest absolute Gasteiger partial charge is 0.251 e. The molecule has 0 atom stereocenters. The molecule has 1 aliphatic rings. The summed E-state index contributed by atoms with van der Waals surface area (Å²) in [5, 5.41) is 2.97. The molecule has 142 valence electrons. The molecule has 28 heavy (non-hydrogen) atoms. The summed E-state index contributed by atoms with van der Waals surface area (Å²) in [6, 6.07) is 15.4. The van der Waals surface area contributed by atoms with Gasteiger partial charge in [-0.1, -0.05) is 46.3 Å². The Bertz CT molecular complexity index is 968. The van der Waals surface area contributed by atoms with E-state index in [-0.39, 0.29) is 5.91 Å². The van der Waals surface area contributed by atoms with Crippen LogP contribution in [0.15, 0.2) is 65.4 Å². The highest BCUT2D eigenvalue weighted by molar-refractivity contribution is 9.10. The Hall–Kier alpha value is -2.73. The number of benzene rings is 2. The van der Waals surface area contributed by atoms with Crippen molar-refractivity contribution in [3.8, 4) is 11.3 Å². The van der Waals surface area contributed by atoms with E-state index in [0.29, 0.717) is 12.1 Å². The number of halogens is 1. The van der Waals surface area contributed by atoms with Gasteiger partial charge in [0, 0.05) is 47.6 Å². The molecule has 1 aromatic heterocycles. The largest absolute Gasteiger partial charge is 0.355 e. The normalized spacial score (nSPS) is 13.5. The average molecular weight is 437 g/mol. The molecular weight excluding hydrogens is 416 g/mol. The van der Waals surface area contributed by atoms with E-state index in [1.54, 1.807) is 12.4 Å². The van der Waals surface area contributed by atoms with Crippen molar-refractivity contribution < 1.29 is 4.79 Å². The number of hydrogen-bond donors (Lipinski definition) is 1. The molecule has 1 fully saturated rings. The summed E-state index contributed by atoms with van der Waals surface area (Å²) < 4.78 is 0.989. The lowest BCUT2D eigenvalue weighted by Crippen LogP contribution is -2.23. The van der Waals surface area contributed by atoms with E-state index in [9.17, 15) is 4.79 Å². The summed E-state index contributed by atoms with van der Waals surface area (Å²) in [4.78, 5) is 23.9. The molecule has 0 spiro atoms. The maximum Gasteiger partial charge on any atom is 0.251 e. The molecule has 0 bridgehead atoms. The average Bonchev–Trinajstić information content (AvgIpc) is 3.28. The van der Waals surface area contributed by atoms with Crippen molar-refractivity contribution in [3.05, 3.63) is 76.5 Å². The summed E-state index contributed by atoms with van der Waals surface area (Å²) in [7, 11) is 0. The van der Waals surface area contributed by atoms with Gasteiger partial charge in [-0.3, -0.25) is 9.78 Å². The fourth-order valence-electron chi connectivity index (χ4n) is 3.39. The Balaban J connectivity index is 1.48. The predicted octanol–water partition coefficient (Wildman–Crippen LogP) is 4.44. The van der Waals surface area contributed by atoms with Crippen LogP contribution in [-0.4, -0.2) is 29.0 Å². The Kier molecular flexibility index (Phi) is 5.67. The number of rotatable bonds is 5. The van der Waals surface area contributed by atoms with Gasteiger partial charge in [0.1, 0.15) is 5.69 Å². The van der Waals surface area contributed by atoms with E-state index in [0.717, 1.165) is 40.2 Å². The van der Waals surface area contributed by atoms with Gasteiger partial charge in [-0.05, 0) is 36.6 Å². The van der Waals surface area contributed by atoms with Crippen molar-refractivity contribution in [2.45, 2.75) is 19.4 Å². The highest BCUT2D eigenvalue weighted by Crippen LogP contribution is 2.29. The zero-order valence-corrected chi connectivity index (χ0v) is 17.0. The van der Waals surface area contributed by atoms with Gasteiger partial charge in [0.2, 0.25) is 0 Å². The molecule has 1 saturated heterocycles. The van der Waals surface area contributed by atoms with Gasteiger partial charge in [-0.2, -0.15) is 0 Å². The van der Waals surface area contributed by atoms with Crippen LogP contribution in [-0.2, 0) is 6.54 Å². The number of aromatic nitrogens is 2. The maximum atomic E-state index is 12.5. The van der Waals surface area contributed by atoms with Gasteiger partial charge >= 0.3 is 0 Å². The highest BCUT2D eigenvalue weighted by Gasteiger charge is 2.19. The minimum absolute atomic E-state index is 0.0961. The quantitative estimate of drug-likeness (QED) is 0.642. The van der Waals surface area contributed by atoms with Gasteiger partial charge in [-0.25, -0.2) is 4.98 Å². The Morgan fingerprint density at radius 3 is 2.46 bits per heavy atom. The first kappa shape index (κ1) is 18.6. The molecule has 0 unspecified atom stereocenters. The van der Waals surface area contributed by atoms with Crippen molar-refractivity contribution >= 4 is 27.7 Å². The SMILES string of the molecule is O=C(NCc1ccccc1Br)c1ccc(-c2nccnc2N2CCCC2)cc1. The van der Waals surface area contributed by atoms with E-state index >= 15 is 0 Å². The fourth-order valence-corrected chi connectivity index (χ4v) is 3.82. The van der Waals surface area contributed by atoms with Crippen LogP contribution in [0, 0.1) is 0 Å². The standard InChI is InChI=1S/C22H21BrN4O/c23-19-6-2-1-5-18(19)15-26-22(28)17-9-7-16(8-10-17)20-21(25-12-11-24-20)27-13-3-4-14-27/h1-2,5-12H,3-4,13-15H2,(H,26,28). The zero-order chi connectivity index (χ0) is 19.3. The van der Waals surface area contributed by atoms with Gasteiger partial charge in [-0.15, -0.1) is 0 Å². The number of amides is 1. The Morgan fingerprint density at radius 2 is 1.71 bits per heavy atom. The van der Waals surface area contributed by atoms with E-state index < -0.39 is 0 Å². The van der Waals surface area contributed by atoms with Crippen molar-refractivity contribution in [1.82, 2.24) is 15.3 Å². The first-order chi connectivity index (χ1) is 13.7. The lowest BCUT2D eigenvalue weighted by molar-refractivity contribution is 0.0951. The summed E-state index contributed by atoms with van der Waals surface area (Å²) in [6.45, 7) is 2.51. The van der Waals surface area contributed by atoms with Crippen LogP contribution in [0.4, 0.5) is 5.82 Å². The van der Waals surface area contributed by atoms with Crippen molar-refractivity contribution in [1.29, 1.82) is 0 Å². The van der Waals surface area contributed by atoms with Gasteiger partial charge < -0.3 is 10.2 Å². The molecule has 2 heterocycles. The summed E-state index contributed by atoms with van der Waals surface area (Å²) >= 11 is 3.50. The lowest BCUT2D eigenvalue weighted by Gasteiger charge is -2.19. The van der Waals surface area contributed by atoms with Crippen molar-refractivity contribution in [3.63, 3.8) is 0 Å². The van der Waals surface area contributed by atoms with Crippen LogP contribution < -0.4 is 10.2 Å². The molecule has 0 aliphatic carbocycles. The van der Waals surface area contributed by atoms with Crippen LogP contribution in [0.2, 0.25) is 0 Å². The van der Waals surface area contributed by atoms with Crippen LogP contribution in [0.5, 0.6) is 0 Å². The summed E-state index contributed by atoms with van der Waals surface area (Å²) in [6.07, 6.45) is 5.83. The van der Waals surface area contributed by atoms with Crippen LogP contribution in [0.25, 0.3) is 11.3 Å². The molecule has 1 N–H and O–H groups in total. The summed E-state index contributed by atoms with van der Waals surface area (Å²) in [5.41, 5.74) is 3.51. The van der Waals surface area contributed by atoms with Crippen LogP contribution in [0.1, 0.15) is 28.8 Å². The number of anilines is 1. The summed E-state index contributed by atoms with van der Waals surface area (Å²) in [5.74, 6) is 0.826. The molecule has 2 aromatic carbocycles. The van der Waals surface area contributed by atoms with Crippen LogP contribution in [0.3, 0.4) is 0 Å². The third-order valence-corrected chi connectivity index (χ3v) is 5.68. The molecule has 4 rings (SSSR count). The first-order valence-corrected chi connectivity index (χ1v) is 10.2. The number of nitrogens with zero attached hydrogens (tertiary/aromatic N) is 3. The monoisotopic (exact) mass is 436 g/mol. The molecular formula is C22H21BrN4O. The third kappa shape index (κ3) is 4.07. The zero-order valence-electron chi connectivity index (χ0n) is 15.4. The second-order valence-electron chi connectivity index (χ2n) is 6.77. The second kappa shape index (κ2) is 8.52. The minimum Gasteiger partial charge on any atom is -0.355 e. The van der Waals surface area contributed by atoms with Crippen LogP contribution >= 0.6 is 15.9 Å². The maximum absolute atomic E-state index is 12.5. The molecule has 0 saturated carbocycles. The third-order valence-electron chi connectivity index (χ3n) is 4.90. The van der Waals surface area contributed by atoms with Gasteiger partial charge in [0.15, 0.2) is 5.82 Å². The van der Waals surface area contributed by atoms with E-state index in [4.69, 9.17) is 0 Å². The highest BCUT2D eigenvalue weighted by atomic mass is 79.9. The van der Waals surface area contributed by atoms with Gasteiger partial charge in [0.05, 0.1) is 0 Å². The van der Waals surface area contributed by atoms with Crippen molar-refractivity contribution in [2.24, 2.45) is 0 Å². The number of hydrogen-bond acceptors (Lipinski definition) is 4. The topological polar surface area (TPSA) is 58.1 Å².